The van der Waals surface area contributed by atoms with Gasteiger partial charge in [-0.3, -0.25) is 4.79 Å². The zero-order valence-electron chi connectivity index (χ0n) is 14.1. The summed E-state index contributed by atoms with van der Waals surface area (Å²) in [6.07, 6.45) is 0. The lowest BCUT2D eigenvalue weighted by Gasteiger charge is -2.27. The predicted octanol–water partition coefficient (Wildman–Crippen LogP) is 3.64. The number of aromatic amines is 1. The van der Waals surface area contributed by atoms with Crippen LogP contribution in [0.2, 0.25) is 0 Å². The van der Waals surface area contributed by atoms with Crippen molar-refractivity contribution in [3.8, 4) is 11.3 Å². The van der Waals surface area contributed by atoms with Gasteiger partial charge in [-0.15, -0.1) is 0 Å². The van der Waals surface area contributed by atoms with Gasteiger partial charge in [0, 0.05) is 20.1 Å². The van der Waals surface area contributed by atoms with Crippen LogP contribution in [0.5, 0.6) is 0 Å². The summed E-state index contributed by atoms with van der Waals surface area (Å²) in [5, 5.41) is 21.9. The van der Waals surface area contributed by atoms with E-state index in [1.807, 2.05) is 48.5 Å². The van der Waals surface area contributed by atoms with Crippen molar-refractivity contribution in [2.45, 2.75) is 6.04 Å². The fraction of sp³-hybridized carbons (Fsp3) is 0.0556. The fourth-order valence-electron chi connectivity index (χ4n) is 3.32. The molecule has 2 aromatic carbocycles. The van der Waals surface area contributed by atoms with Gasteiger partial charge in [0.15, 0.2) is 0 Å². The van der Waals surface area contributed by atoms with Crippen molar-refractivity contribution in [3.05, 3.63) is 79.0 Å². The van der Waals surface area contributed by atoms with Crippen LogP contribution in [0.25, 0.3) is 11.3 Å². The molecule has 0 spiro atoms. The molecule has 0 amide bonds. The Labute approximate surface area is 175 Å². The molecule has 4 aromatic rings. The van der Waals surface area contributed by atoms with Gasteiger partial charge >= 0.3 is 0 Å². The van der Waals surface area contributed by atoms with Crippen molar-refractivity contribution in [1.82, 2.24) is 30.4 Å². The Morgan fingerprint density at radius 2 is 1.64 bits per heavy atom. The number of nitrogens with zero attached hydrogens (tertiary/aromatic N) is 5. The average Bonchev–Trinajstić information content (AvgIpc) is 3.17. The molecule has 1 aliphatic rings. The van der Waals surface area contributed by atoms with Crippen molar-refractivity contribution in [2.75, 3.05) is 5.32 Å². The van der Waals surface area contributed by atoms with E-state index >= 15 is 0 Å². The van der Waals surface area contributed by atoms with Gasteiger partial charge in [0.1, 0.15) is 11.7 Å². The van der Waals surface area contributed by atoms with Gasteiger partial charge < -0.3 is 5.32 Å². The molecule has 1 atom stereocenters. The number of halogens is 2. The first-order valence-electron chi connectivity index (χ1n) is 8.30. The molecule has 0 bridgehead atoms. The first-order chi connectivity index (χ1) is 13.6. The van der Waals surface area contributed by atoms with E-state index in [2.05, 4.69) is 62.9 Å². The third kappa shape index (κ3) is 2.76. The molecule has 0 aliphatic carbocycles. The number of hydrogen-bond acceptors (Lipinski definition) is 6. The van der Waals surface area contributed by atoms with Crippen LogP contribution in [0.3, 0.4) is 0 Å². The van der Waals surface area contributed by atoms with Gasteiger partial charge in [-0.25, -0.2) is 5.10 Å². The highest BCUT2D eigenvalue weighted by Crippen LogP contribution is 2.41. The minimum Gasteiger partial charge on any atom is -0.318 e. The summed E-state index contributed by atoms with van der Waals surface area (Å²) in [6.45, 7) is 0. The van der Waals surface area contributed by atoms with Gasteiger partial charge in [-0.2, -0.15) is 9.78 Å². The van der Waals surface area contributed by atoms with Crippen LogP contribution in [0, 0.1) is 0 Å². The monoisotopic (exact) mass is 499 g/mol. The zero-order valence-corrected chi connectivity index (χ0v) is 17.3. The fourth-order valence-corrected chi connectivity index (χ4v) is 3.85. The minimum atomic E-state index is -0.400. The lowest BCUT2D eigenvalue weighted by atomic mass is 9.92. The number of nitrogens with one attached hydrogen (secondary N) is 2. The molecule has 0 saturated carbocycles. The van der Waals surface area contributed by atoms with Crippen LogP contribution in [-0.2, 0) is 0 Å². The van der Waals surface area contributed by atoms with Crippen molar-refractivity contribution >= 4 is 43.5 Å². The Hall–Kier alpha value is -2.85. The third-order valence-electron chi connectivity index (χ3n) is 4.57. The molecule has 2 aromatic heterocycles. The van der Waals surface area contributed by atoms with Crippen molar-refractivity contribution in [1.29, 1.82) is 0 Å². The second-order valence-electron chi connectivity index (χ2n) is 6.22. The number of anilines is 2. The summed E-state index contributed by atoms with van der Waals surface area (Å²) in [5.41, 5.74) is 3.24. The van der Waals surface area contributed by atoms with Crippen LogP contribution in [0.15, 0.2) is 62.3 Å². The topological polar surface area (TPSA) is 101 Å². The van der Waals surface area contributed by atoms with Gasteiger partial charge in [0.05, 0.1) is 5.69 Å². The summed E-state index contributed by atoms with van der Waals surface area (Å²) in [5.74, 6) is 0.402. The summed E-state index contributed by atoms with van der Waals surface area (Å²) in [4.78, 5) is 12.6. The van der Waals surface area contributed by atoms with Gasteiger partial charge in [0.25, 0.3) is 5.56 Å². The molecular formula is C18H11Br2N7O. The Balaban J connectivity index is 1.81. The number of aromatic nitrogens is 6. The Kier molecular flexibility index (Phi) is 4.09. The lowest BCUT2D eigenvalue weighted by Crippen LogP contribution is -2.29. The summed E-state index contributed by atoms with van der Waals surface area (Å²) < 4.78 is 3.58. The first-order valence-corrected chi connectivity index (χ1v) is 9.89. The molecule has 3 heterocycles. The van der Waals surface area contributed by atoms with E-state index in [1.165, 1.54) is 0 Å². The Bertz CT molecular complexity index is 1230. The van der Waals surface area contributed by atoms with Gasteiger partial charge in [0.2, 0.25) is 5.95 Å². The number of rotatable bonds is 2. The van der Waals surface area contributed by atoms with E-state index in [9.17, 15) is 4.79 Å². The molecule has 1 unspecified atom stereocenters. The van der Waals surface area contributed by atoms with Crippen LogP contribution >= 0.6 is 31.9 Å². The van der Waals surface area contributed by atoms with Crippen molar-refractivity contribution in [2.24, 2.45) is 0 Å². The van der Waals surface area contributed by atoms with E-state index in [0.717, 1.165) is 20.1 Å². The highest BCUT2D eigenvalue weighted by molar-refractivity contribution is 9.10. The second kappa shape index (κ2) is 6.64. The average molecular weight is 501 g/mol. The van der Waals surface area contributed by atoms with E-state index in [1.54, 1.807) is 4.68 Å². The molecular weight excluding hydrogens is 490 g/mol. The lowest BCUT2D eigenvalue weighted by molar-refractivity contribution is 0.567. The smallest absolute Gasteiger partial charge is 0.288 e. The number of hydrogen-bond donors (Lipinski definition) is 2. The summed E-state index contributed by atoms with van der Waals surface area (Å²) in [6, 6.07) is 15.2. The predicted molar refractivity (Wildman–Crippen MR) is 110 cm³/mol. The molecule has 138 valence electrons. The van der Waals surface area contributed by atoms with Gasteiger partial charge in [-0.1, -0.05) is 61.2 Å². The molecule has 2 N–H and O–H groups in total. The first kappa shape index (κ1) is 17.3. The van der Waals surface area contributed by atoms with Crippen LogP contribution < -0.4 is 10.9 Å². The Morgan fingerprint density at radius 1 is 0.964 bits per heavy atom. The normalized spacial score (nSPS) is 14.9. The van der Waals surface area contributed by atoms with E-state index < -0.39 is 6.04 Å². The molecule has 10 heteroatoms. The molecule has 0 radical (unpaired) electrons. The van der Waals surface area contributed by atoms with E-state index in [-0.39, 0.29) is 5.56 Å². The van der Waals surface area contributed by atoms with Crippen LogP contribution in [-0.4, -0.2) is 30.4 Å². The molecule has 28 heavy (non-hydrogen) atoms. The second-order valence-corrected chi connectivity index (χ2v) is 8.05. The SMILES string of the molecule is O=c1[nH]nc(-c2ccc(Br)cc2)c2c1Nc1nnnn1C2c1ccc(Br)cc1. The Morgan fingerprint density at radius 3 is 2.36 bits per heavy atom. The molecule has 5 rings (SSSR count). The van der Waals surface area contributed by atoms with Gasteiger partial charge in [-0.05, 0) is 40.3 Å². The molecule has 0 saturated heterocycles. The van der Waals surface area contributed by atoms with Crippen molar-refractivity contribution in [3.63, 3.8) is 0 Å². The number of fused-ring (bicyclic) bond motifs is 2. The maximum atomic E-state index is 12.6. The summed E-state index contributed by atoms with van der Waals surface area (Å²) >= 11 is 6.91. The quantitative estimate of drug-likeness (QED) is 0.383. The highest BCUT2D eigenvalue weighted by atomic mass is 79.9. The standard InChI is InChI=1S/C18H11Br2N7O/c19-11-5-1-9(2-6-11)14-13-15(17(28)23-22-14)21-18-24-25-26-27(18)16(13)10-3-7-12(20)8-4-10/h1-8,16H,(H,23,28)(H,21,24,26). The largest absolute Gasteiger partial charge is 0.318 e. The van der Waals surface area contributed by atoms with E-state index in [0.29, 0.717) is 22.9 Å². The molecule has 1 aliphatic heterocycles. The minimum absolute atomic E-state index is 0.327. The molecule has 0 fully saturated rings. The third-order valence-corrected chi connectivity index (χ3v) is 5.63. The number of tetrazole rings is 1. The van der Waals surface area contributed by atoms with Crippen LogP contribution in [0.4, 0.5) is 11.6 Å². The number of benzene rings is 2. The molecule has 8 nitrogen and oxygen atoms in total. The highest BCUT2D eigenvalue weighted by Gasteiger charge is 2.34. The van der Waals surface area contributed by atoms with E-state index in [4.69, 9.17) is 0 Å². The summed E-state index contributed by atoms with van der Waals surface area (Å²) in [7, 11) is 0. The maximum Gasteiger partial charge on any atom is 0.288 e. The van der Waals surface area contributed by atoms with Crippen LogP contribution in [0.1, 0.15) is 17.2 Å². The number of H-pyrrole nitrogens is 1. The van der Waals surface area contributed by atoms with Crippen molar-refractivity contribution < 1.29 is 0 Å². The zero-order chi connectivity index (χ0) is 19.3. The maximum absolute atomic E-state index is 12.6.